The number of benzene rings is 1. The third-order valence-corrected chi connectivity index (χ3v) is 4.97. The monoisotopic (exact) mass is 276 g/mol. The summed E-state index contributed by atoms with van der Waals surface area (Å²) < 4.78 is 24.4. The van der Waals surface area contributed by atoms with E-state index in [9.17, 15) is 13.2 Å². The van der Waals surface area contributed by atoms with E-state index in [1.165, 1.54) is 0 Å². The summed E-state index contributed by atoms with van der Waals surface area (Å²) in [7, 11) is -3.44. The number of para-hydroxylation sites is 1. The van der Waals surface area contributed by atoms with Crippen molar-refractivity contribution in [3.63, 3.8) is 0 Å². The fourth-order valence-corrected chi connectivity index (χ4v) is 3.65. The Kier molecular flexibility index (Phi) is 2.74. The third kappa shape index (κ3) is 2.08. The smallest absolute Gasteiger partial charge is 0.266 e. The molecule has 0 unspecified atom stereocenters. The number of nitrogens with zero attached hydrogens (tertiary/aromatic N) is 2. The minimum atomic E-state index is -3.44. The van der Waals surface area contributed by atoms with Gasteiger partial charge in [-0.2, -0.15) is 0 Å². The number of rotatable bonds is 1. The van der Waals surface area contributed by atoms with E-state index in [1.54, 1.807) is 18.2 Å². The summed E-state index contributed by atoms with van der Waals surface area (Å²) in [5.74, 6) is -0.505. The van der Waals surface area contributed by atoms with Crippen LogP contribution in [0.15, 0.2) is 36.4 Å². The summed E-state index contributed by atoms with van der Waals surface area (Å²) in [4.78, 5) is 16.4. The summed E-state index contributed by atoms with van der Waals surface area (Å²) in [5, 5.41) is 0.920. The zero-order valence-corrected chi connectivity index (χ0v) is 10.9. The summed E-state index contributed by atoms with van der Waals surface area (Å²) in [6, 6.07) is 10.7. The van der Waals surface area contributed by atoms with Crippen molar-refractivity contribution in [2.45, 2.75) is 6.42 Å². The molecule has 19 heavy (non-hydrogen) atoms. The molecule has 1 amide bonds. The molecule has 0 radical (unpaired) electrons. The fraction of sp³-hybridized carbons (Fsp3) is 0.231. The van der Waals surface area contributed by atoms with Gasteiger partial charge in [-0.15, -0.1) is 0 Å². The van der Waals surface area contributed by atoms with Gasteiger partial charge in [0.25, 0.3) is 5.91 Å². The number of fused-ring (bicyclic) bond motifs is 1. The second-order valence-corrected chi connectivity index (χ2v) is 6.45. The highest BCUT2D eigenvalue weighted by Crippen LogP contribution is 2.18. The Morgan fingerprint density at radius 2 is 1.95 bits per heavy atom. The van der Waals surface area contributed by atoms with Gasteiger partial charge in [-0.25, -0.2) is 17.7 Å². The molecule has 1 aliphatic heterocycles. The Bertz CT molecular complexity index is 755. The standard InChI is InChI=1S/C13H12N2O3S/c16-13(15-8-3-9-19(15,17)18)12-7-6-10-4-1-2-5-11(10)14-12/h1-2,4-7H,3,8-9H2. The number of pyridine rings is 1. The first kappa shape index (κ1) is 12.1. The number of amides is 1. The van der Waals surface area contributed by atoms with Crippen molar-refractivity contribution < 1.29 is 13.2 Å². The lowest BCUT2D eigenvalue weighted by molar-refractivity contribution is 0.0865. The van der Waals surface area contributed by atoms with Crippen molar-refractivity contribution in [1.29, 1.82) is 0 Å². The van der Waals surface area contributed by atoms with Crippen LogP contribution in [0.25, 0.3) is 10.9 Å². The normalized spacial score (nSPS) is 17.8. The lowest BCUT2D eigenvalue weighted by Crippen LogP contribution is -2.33. The van der Waals surface area contributed by atoms with Crippen molar-refractivity contribution in [3.05, 3.63) is 42.1 Å². The molecule has 0 atom stereocenters. The molecule has 0 bridgehead atoms. The van der Waals surface area contributed by atoms with E-state index in [-0.39, 0.29) is 18.0 Å². The van der Waals surface area contributed by atoms with Crippen LogP contribution in [0, 0.1) is 0 Å². The van der Waals surface area contributed by atoms with Crippen molar-refractivity contribution in [1.82, 2.24) is 9.29 Å². The summed E-state index contributed by atoms with van der Waals surface area (Å²) in [5.41, 5.74) is 0.856. The van der Waals surface area contributed by atoms with Gasteiger partial charge in [0.15, 0.2) is 0 Å². The van der Waals surface area contributed by atoms with Crippen LogP contribution in [0.1, 0.15) is 16.9 Å². The van der Waals surface area contributed by atoms with E-state index in [2.05, 4.69) is 4.98 Å². The number of hydrogen-bond acceptors (Lipinski definition) is 4. The first-order valence-corrected chi connectivity index (χ1v) is 7.59. The lowest BCUT2D eigenvalue weighted by atomic mass is 10.2. The molecule has 6 heteroatoms. The van der Waals surface area contributed by atoms with E-state index in [1.807, 2.05) is 18.2 Å². The predicted molar refractivity (Wildman–Crippen MR) is 71.2 cm³/mol. The quantitative estimate of drug-likeness (QED) is 0.790. The van der Waals surface area contributed by atoms with Crippen molar-refractivity contribution >= 4 is 26.8 Å². The number of carbonyl (C=O) groups is 1. The summed E-state index contributed by atoms with van der Waals surface area (Å²) in [6.07, 6.45) is 0.488. The molecule has 2 aromatic rings. The summed E-state index contributed by atoms with van der Waals surface area (Å²) in [6.45, 7) is 0.246. The number of hydrogen-bond donors (Lipinski definition) is 0. The van der Waals surface area contributed by atoms with Crippen LogP contribution >= 0.6 is 0 Å². The lowest BCUT2D eigenvalue weighted by Gasteiger charge is -2.14. The Hall–Kier alpha value is -1.95. The number of carbonyl (C=O) groups excluding carboxylic acids is 1. The average Bonchev–Trinajstić information content (AvgIpc) is 2.77. The maximum atomic E-state index is 12.2. The molecule has 98 valence electrons. The van der Waals surface area contributed by atoms with E-state index in [0.717, 1.165) is 9.69 Å². The van der Waals surface area contributed by atoms with Crippen LogP contribution in [-0.4, -0.2) is 35.9 Å². The maximum Gasteiger partial charge on any atom is 0.285 e. The van der Waals surface area contributed by atoms with Gasteiger partial charge in [0.1, 0.15) is 5.69 Å². The van der Waals surface area contributed by atoms with Crippen molar-refractivity contribution in [2.75, 3.05) is 12.3 Å². The molecular formula is C13H12N2O3S. The molecule has 1 aromatic carbocycles. The zero-order valence-electron chi connectivity index (χ0n) is 10.1. The third-order valence-electron chi connectivity index (χ3n) is 3.14. The largest absolute Gasteiger partial charge is 0.285 e. The fourth-order valence-electron chi connectivity index (χ4n) is 2.18. The van der Waals surface area contributed by atoms with Crippen LogP contribution < -0.4 is 0 Å². The van der Waals surface area contributed by atoms with Crippen LogP contribution in [0.5, 0.6) is 0 Å². The molecule has 0 aliphatic carbocycles. The van der Waals surface area contributed by atoms with E-state index >= 15 is 0 Å². The van der Waals surface area contributed by atoms with Crippen molar-refractivity contribution in [3.8, 4) is 0 Å². The van der Waals surface area contributed by atoms with E-state index in [0.29, 0.717) is 11.9 Å². The van der Waals surface area contributed by atoms with Crippen LogP contribution in [0.4, 0.5) is 0 Å². The highest BCUT2D eigenvalue weighted by Gasteiger charge is 2.33. The SMILES string of the molecule is O=C(c1ccc2ccccc2n1)N1CCCS1(=O)=O. The highest BCUT2D eigenvalue weighted by molar-refractivity contribution is 7.89. The van der Waals surface area contributed by atoms with Gasteiger partial charge in [0.2, 0.25) is 10.0 Å². The van der Waals surface area contributed by atoms with E-state index < -0.39 is 15.9 Å². The van der Waals surface area contributed by atoms with Gasteiger partial charge >= 0.3 is 0 Å². The molecule has 3 rings (SSSR count). The molecule has 0 saturated carbocycles. The second kappa shape index (κ2) is 4.31. The Morgan fingerprint density at radius 1 is 1.16 bits per heavy atom. The van der Waals surface area contributed by atoms with Crippen LogP contribution in [0.3, 0.4) is 0 Å². The molecule has 1 aromatic heterocycles. The molecule has 1 saturated heterocycles. The molecule has 1 aliphatic rings. The first-order chi connectivity index (χ1) is 9.08. The van der Waals surface area contributed by atoms with Crippen molar-refractivity contribution in [2.24, 2.45) is 0 Å². The van der Waals surface area contributed by atoms with Gasteiger partial charge in [-0.05, 0) is 18.6 Å². The predicted octanol–water partition coefficient (Wildman–Crippen LogP) is 1.41. The minimum absolute atomic E-state index is 0.0340. The highest BCUT2D eigenvalue weighted by atomic mass is 32.2. The van der Waals surface area contributed by atoms with Crippen LogP contribution in [0.2, 0.25) is 0 Å². The average molecular weight is 276 g/mol. The minimum Gasteiger partial charge on any atom is -0.266 e. The first-order valence-electron chi connectivity index (χ1n) is 5.98. The Labute approximate surface area is 110 Å². The second-order valence-electron chi connectivity index (χ2n) is 4.44. The molecule has 0 N–H and O–H groups in total. The van der Waals surface area contributed by atoms with Gasteiger partial charge in [0, 0.05) is 11.9 Å². The number of sulfonamides is 1. The molecule has 5 nitrogen and oxygen atoms in total. The molecular weight excluding hydrogens is 264 g/mol. The van der Waals surface area contributed by atoms with Gasteiger partial charge in [-0.1, -0.05) is 24.3 Å². The molecule has 2 heterocycles. The zero-order chi connectivity index (χ0) is 13.5. The van der Waals surface area contributed by atoms with Crippen LogP contribution in [-0.2, 0) is 10.0 Å². The molecule has 0 spiro atoms. The van der Waals surface area contributed by atoms with Gasteiger partial charge in [-0.3, -0.25) is 4.79 Å². The van der Waals surface area contributed by atoms with Gasteiger partial charge < -0.3 is 0 Å². The number of aromatic nitrogens is 1. The Morgan fingerprint density at radius 3 is 2.68 bits per heavy atom. The van der Waals surface area contributed by atoms with Gasteiger partial charge in [0.05, 0.1) is 11.3 Å². The van der Waals surface area contributed by atoms with E-state index in [4.69, 9.17) is 0 Å². The summed E-state index contributed by atoms with van der Waals surface area (Å²) >= 11 is 0. The maximum absolute atomic E-state index is 12.2. The molecule has 1 fully saturated rings. The topological polar surface area (TPSA) is 67.3 Å². The Balaban J connectivity index is 2.02.